The van der Waals surface area contributed by atoms with Crippen molar-refractivity contribution in [3.05, 3.63) is 52.4 Å². The fourth-order valence-corrected chi connectivity index (χ4v) is 3.14. The van der Waals surface area contributed by atoms with Crippen LogP contribution in [0.2, 0.25) is 0 Å². The highest BCUT2D eigenvalue weighted by atomic mass is 16.1. The molecule has 7 heteroatoms. The highest BCUT2D eigenvalue weighted by Gasteiger charge is 2.21. The van der Waals surface area contributed by atoms with Gasteiger partial charge in [0.15, 0.2) is 0 Å². The number of aromatic nitrogens is 4. The van der Waals surface area contributed by atoms with Gasteiger partial charge in [0.05, 0.1) is 12.7 Å². The van der Waals surface area contributed by atoms with Crippen molar-refractivity contribution in [2.75, 3.05) is 31.1 Å². The first kappa shape index (κ1) is 14.9. The van der Waals surface area contributed by atoms with Crippen molar-refractivity contribution in [2.24, 2.45) is 7.05 Å². The van der Waals surface area contributed by atoms with Gasteiger partial charge in [-0.05, 0) is 5.56 Å². The summed E-state index contributed by atoms with van der Waals surface area (Å²) >= 11 is 0. The maximum atomic E-state index is 12.6. The molecule has 0 spiro atoms. The number of nitrogens with one attached hydrogen (secondary N) is 1. The average Bonchev–Trinajstić information content (AvgIpc) is 2.99. The fourth-order valence-electron chi connectivity index (χ4n) is 3.14. The van der Waals surface area contributed by atoms with Crippen molar-refractivity contribution in [3.8, 4) is 0 Å². The Morgan fingerprint density at radius 2 is 1.92 bits per heavy atom. The van der Waals surface area contributed by atoms with Crippen LogP contribution in [0, 0.1) is 0 Å². The Bertz CT molecular complexity index is 908. The second-order valence-corrected chi connectivity index (χ2v) is 6.03. The third kappa shape index (κ3) is 2.56. The van der Waals surface area contributed by atoms with Crippen LogP contribution >= 0.6 is 0 Å². The number of aryl methyl sites for hydroxylation is 1. The molecule has 0 aliphatic carbocycles. The van der Waals surface area contributed by atoms with Gasteiger partial charge in [0.1, 0.15) is 11.0 Å². The van der Waals surface area contributed by atoms with Gasteiger partial charge in [-0.15, -0.1) is 0 Å². The van der Waals surface area contributed by atoms with Crippen molar-refractivity contribution < 1.29 is 0 Å². The van der Waals surface area contributed by atoms with Crippen LogP contribution in [0.25, 0.3) is 11.0 Å². The Labute approximate surface area is 139 Å². The van der Waals surface area contributed by atoms with E-state index in [0.29, 0.717) is 17.6 Å². The highest BCUT2D eigenvalue weighted by molar-refractivity contribution is 5.77. The number of fused-ring (bicyclic) bond motifs is 1. The van der Waals surface area contributed by atoms with Gasteiger partial charge in [-0.25, -0.2) is 9.67 Å². The Hall–Kier alpha value is -2.67. The molecule has 0 amide bonds. The molecule has 2 aromatic heterocycles. The molecule has 1 saturated heterocycles. The SMILES string of the molecule is Cn1ncc2nc(N3CCNCC3)n(Cc3ccccc3)c2c1=O. The number of hydrogen-bond acceptors (Lipinski definition) is 5. The van der Waals surface area contributed by atoms with E-state index in [-0.39, 0.29) is 5.56 Å². The van der Waals surface area contributed by atoms with Crippen LogP contribution in [-0.2, 0) is 13.6 Å². The van der Waals surface area contributed by atoms with Gasteiger partial charge in [0.2, 0.25) is 5.95 Å². The van der Waals surface area contributed by atoms with Gasteiger partial charge in [-0.2, -0.15) is 5.10 Å². The molecular weight excluding hydrogens is 304 g/mol. The summed E-state index contributed by atoms with van der Waals surface area (Å²) in [6.07, 6.45) is 1.67. The number of anilines is 1. The van der Waals surface area contributed by atoms with Crippen LogP contribution in [0.15, 0.2) is 41.3 Å². The van der Waals surface area contributed by atoms with Crippen molar-refractivity contribution in [2.45, 2.75) is 6.54 Å². The Morgan fingerprint density at radius 1 is 1.17 bits per heavy atom. The van der Waals surface area contributed by atoms with Crippen LogP contribution in [0.1, 0.15) is 5.56 Å². The Kier molecular flexibility index (Phi) is 3.78. The fraction of sp³-hybridized carbons (Fsp3) is 0.353. The number of imidazole rings is 1. The summed E-state index contributed by atoms with van der Waals surface area (Å²) in [7, 11) is 1.67. The number of benzene rings is 1. The van der Waals surface area contributed by atoms with E-state index in [1.54, 1.807) is 13.2 Å². The molecule has 1 aliphatic heterocycles. The van der Waals surface area contributed by atoms with Crippen LogP contribution in [-0.4, -0.2) is 45.5 Å². The summed E-state index contributed by atoms with van der Waals surface area (Å²) in [5.41, 5.74) is 2.30. The second kappa shape index (κ2) is 6.09. The third-order valence-electron chi connectivity index (χ3n) is 4.41. The molecule has 3 heterocycles. The standard InChI is InChI=1S/C17H20N6O/c1-21-16(24)15-14(11-19-21)20-17(22-9-7-18-8-10-22)23(15)12-13-5-3-2-4-6-13/h2-6,11,18H,7-10,12H2,1H3. The van der Waals surface area contributed by atoms with E-state index < -0.39 is 0 Å². The monoisotopic (exact) mass is 324 g/mol. The molecule has 1 fully saturated rings. The quantitative estimate of drug-likeness (QED) is 0.764. The lowest BCUT2D eigenvalue weighted by Crippen LogP contribution is -2.44. The average molecular weight is 324 g/mol. The van der Waals surface area contributed by atoms with Crippen LogP contribution < -0.4 is 15.8 Å². The molecule has 1 aromatic carbocycles. The van der Waals surface area contributed by atoms with Gasteiger partial charge in [-0.1, -0.05) is 30.3 Å². The van der Waals surface area contributed by atoms with Crippen LogP contribution in [0.3, 0.4) is 0 Å². The minimum Gasteiger partial charge on any atom is -0.340 e. The first-order valence-corrected chi connectivity index (χ1v) is 8.16. The second-order valence-electron chi connectivity index (χ2n) is 6.03. The molecule has 0 radical (unpaired) electrons. The van der Waals surface area contributed by atoms with Crippen LogP contribution in [0.4, 0.5) is 5.95 Å². The lowest BCUT2D eigenvalue weighted by atomic mass is 10.2. The first-order chi connectivity index (χ1) is 11.7. The lowest BCUT2D eigenvalue weighted by molar-refractivity contribution is 0.571. The molecule has 0 atom stereocenters. The van der Waals surface area contributed by atoms with Crippen molar-refractivity contribution in [3.63, 3.8) is 0 Å². The smallest absolute Gasteiger partial charge is 0.292 e. The predicted molar refractivity (Wildman–Crippen MR) is 93.4 cm³/mol. The molecule has 124 valence electrons. The number of piperazine rings is 1. The Morgan fingerprint density at radius 3 is 2.67 bits per heavy atom. The van der Waals surface area contributed by atoms with E-state index in [1.807, 2.05) is 22.8 Å². The maximum absolute atomic E-state index is 12.6. The third-order valence-corrected chi connectivity index (χ3v) is 4.41. The summed E-state index contributed by atoms with van der Waals surface area (Å²) in [5, 5.41) is 7.46. The molecule has 3 aromatic rings. The highest BCUT2D eigenvalue weighted by Crippen LogP contribution is 2.21. The molecule has 0 saturated carbocycles. The van der Waals surface area contributed by atoms with Crippen LogP contribution in [0.5, 0.6) is 0 Å². The molecule has 0 bridgehead atoms. The van der Waals surface area contributed by atoms with Gasteiger partial charge in [0.25, 0.3) is 5.56 Å². The molecule has 1 N–H and O–H groups in total. The molecule has 7 nitrogen and oxygen atoms in total. The summed E-state index contributed by atoms with van der Waals surface area (Å²) in [6.45, 7) is 4.23. The van der Waals surface area contributed by atoms with Gasteiger partial charge >= 0.3 is 0 Å². The predicted octanol–water partition coefficient (Wildman–Crippen LogP) is 0.588. The van der Waals surface area contributed by atoms with Gasteiger partial charge in [0, 0.05) is 33.2 Å². The largest absolute Gasteiger partial charge is 0.340 e. The van der Waals surface area contributed by atoms with E-state index in [1.165, 1.54) is 4.68 Å². The molecule has 1 aliphatic rings. The first-order valence-electron chi connectivity index (χ1n) is 8.16. The van der Waals surface area contributed by atoms with E-state index in [0.717, 1.165) is 37.7 Å². The van der Waals surface area contributed by atoms with Crippen molar-refractivity contribution in [1.82, 2.24) is 24.6 Å². The minimum absolute atomic E-state index is 0.114. The van der Waals surface area contributed by atoms with Gasteiger partial charge < -0.3 is 14.8 Å². The summed E-state index contributed by atoms with van der Waals surface area (Å²) in [4.78, 5) is 19.6. The summed E-state index contributed by atoms with van der Waals surface area (Å²) < 4.78 is 3.40. The number of nitrogens with zero attached hydrogens (tertiary/aromatic N) is 5. The lowest BCUT2D eigenvalue weighted by Gasteiger charge is -2.28. The summed E-state index contributed by atoms with van der Waals surface area (Å²) in [6, 6.07) is 10.2. The number of rotatable bonds is 3. The maximum Gasteiger partial charge on any atom is 0.292 e. The Balaban J connectivity index is 1.89. The number of hydrogen-bond donors (Lipinski definition) is 1. The minimum atomic E-state index is -0.114. The zero-order valence-electron chi connectivity index (χ0n) is 13.6. The molecule has 0 unspecified atom stereocenters. The van der Waals surface area contributed by atoms with Crippen molar-refractivity contribution >= 4 is 17.0 Å². The molecule has 4 rings (SSSR count). The molecular formula is C17H20N6O. The van der Waals surface area contributed by atoms with Gasteiger partial charge in [-0.3, -0.25) is 4.79 Å². The summed E-state index contributed by atoms with van der Waals surface area (Å²) in [5.74, 6) is 0.848. The van der Waals surface area contributed by atoms with E-state index in [4.69, 9.17) is 4.98 Å². The van der Waals surface area contributed by atoms with E-state index >= 15 is 0 Å². The topological polar surface area (TPSA) is 68.0 Å². The normalized spacial score (nSPS) is 15.1. The molecule has 24 heavy (non-hydrogen) atoms. The van der Waals surface area contributed by atoms with E-state index in [2.05, 4.69) is 27.4 Å². The zero-order chi connectivity index (χ0) is 16.5. The zero-order valence-corrected chi connectivity index (χ0v) is 13.6. The van der Waals surface area contributed by atoms with Crippen molar-refractivity contribution in [1.29, 1.82) is 0 Å². The van der Waals surface area contributed by atoms with E-state index in [9.17, 15) is 4.79 Å².